The molecule has 0 saturated heterocycles. The fourth-order valence-electron chi connectivity index (χ4n) is 1.62. The lowest BCUT2D eigenvalue weighted by Gasteiger charge is -2.05. The second-order valence-corrected chi connectivity index (χ2v) is 3.85. The fraction of sp³-hybridized carbons (Fsp3) is 0.167. The number of amides is 1. The molecule has 0 saturated carbocycles. The predicted molar refractivity (Wildman–Crippen MR) is 62.3 cm³/mol. The Labute approximate surface area is 102 Å². The van der Waals surface area contributed by atoms with Gasteiger partial charge in [-0.05, 0) is 19.1 Å². The van der Waals surface area contributed by atoms with Crippen LogP contribution < -0.4 is 5.32 Å². The minimum atomic E-state index is -0.894. The van der Waals surface area contributed by atoms with Gasteiger partial charge in [0, 0.05) is 13.2 Å². The van der Waals surface area contributed by atoms with Gasteiger partial charge in [0.25, 0.3) is 5.91 Å². The highest BCUT2D eigenvalue weighted by Crippen LogP contribution is 2.16. The molecule has 4 nitrogen and oxygen atoms in total. The van der Waals surface area contributed by atoms with Gasteiger partial charge in [0.05, 0.1) is 11.4 Å². The van der Waals surface area contributed by atoms with Gasteiger partial charge in [-0.25, -0.2) is 8.78 Å². The maximum absolute atomic E-state index is 13.4. The van der Waals surface area contributed by atoms with Crippen molar-refractivity contribution in [1.29, 1.82) is 0 Å². The lowest BCUT2D eigenvalue weighted by molar-refractivity contribution is 0.101. The number of carbonyl (C=O) groups is 1. The number of halogens is 2. The molecule has 1 N–H and O–H groups in total. The van der Waals surface area contributed by atoms with Crippen LogP contribution in [0.15, 0.2) is 24.4 Å². The molecule has 18 heavy (non-hydrogen) atoms. The first kappa shape index (κ1) is 12.2. The van der Waals surface area contributed by atoms with Gasteiger partial charge < -0.3 is 5.32 Å². The first-order valence-electron chi connectivity index (χ1n) is 5.24. The minimum Gasteiger partial charge on any atom is -0.319 e. The Morgan fingerprint density at radius 1 is 1.33 bits per heavy atom. The second-order valence-electron chi connectivity index (χ2n) is 3.85. The van der Waals surface area contributed by atoms with Crippen molar-refractivity contribution in [3.05, 3.63) is 47.3 Å². The predicted octanol–water partition coefficient (Wildman–Crippen LogP) is 2.26. The Balaban J connectivity index is 2.30. The van der Waals surface area contributed by atoms with Crippen LogP contribution in [0.3, 0.4) is 0 Å². The van der Waals surface area contributed by atoms with Crippen molar-refractivity contribution < 1.29 is 13.6 Å². The minimum absolute atomic E-state index is 0.421. The molecular weight excluding hydrogens is 240 g/mol. The Morgan fingerprint density at radius 3 is 2.44 bits per heavy atom. The van der Waals surface area contributed by atoms with Crippen molar-refractivity contribution in [2.75, 3.05) is 5.32 Å². The van der Waals surface area contributed by atoms with Crippen LogP contribution in [-0.4, -0.2) is 15.7 Å². The number of anilines is 1. The van der Waals surface area contributed by atoms with Crippen LogP contribution >= 0.6 is 0 Å². The quantitative estimate of drug-likeness (QED) is 0.889. The maximum atomic E-state index is 13.4. The van der Waals surface area contributed by atoms with Crippen molar-refractivity contribution >= 4 is 11.6 Å². The summed E-state index contributed by atoms with van der Waals surface area (Å²) in [7, 11) is 1.69. The molecule has 0 atom stereocenters. The lowest BCUT2D eigenvalue weighted by Crippen LogP contribution is -2.16. The number of rotatable bonds is 2. The molecule has 1 aromatic heterocycles. The first-order valence-corrected chi connectivity index (χ1v) is 5.24. The van der Waals surface area contributed by atoms with Gasteiger partial charge in [0.15, 0.2) is 0 Å². The molecule has 0 unspecified atom stereocenters. The van der Waals surface area contributed by atoms with E-state index in [-0.39, 0.29) is 0 Å². The molecule has 0 aliphatic carbocycles. The zero-order valence-corrected chi connectivity index (χ0v) is 9.87. The van der Waals surface area contributed by atoms with Crippen molar-refractivity contribution in [2.45, 2.75) is 6.92 Å². The molecule has 1 amide bonds. The number of hydrogen-bond acceptors (Lipinski definition) is 2. The van der Waals surface area contributed by atoms with Crippen LogP contribution in [0.5, 0.6) is 0 Å². The second kappa shape index (κ2) is 4.56. The van der Waals surface area contributed by atoms with E-state index in [9.17, 15) is 13.6 Å². The molecule has 1 heterocycles. The van der Waals surface area contributed by atoms with Gasteiger partial charge in [-0.1, -0.05) is 6.07 Å². The standard InChI is InChI=1S/C12H11F2N3O/c1-7-10(6-17(2)16-7)15-12(18)11-8(13)4-3-5-9(11)14/h3-6H,1-2H3,(H,15,18). The number of aromatic nitrogens is 2. The van der Waals surface area contributed by atoms with E-state index in [1.165, 1.54) is 10.7 Å². The molecule has 0 aliphatic heterocycles. The smallest absolute Gasteiger partial charge is 0.261 e. The van der Waals surface area contributed by atoms with Crippen LogP contribution in [0.25, 0.3) is 0 Å². The summed E-state index contributed by atoms with van der Waals surface area (Å²) < 4.78 is 28.3. The van der Waals surface area contributed by atoms with E-state index >= 15 is 0 Å². The molecule has 94 valence electrons. The Hall–Kier alpha value is -2.24. The number of nitrogens with zero attached hydrogens (tertiary/aromatic N) is 2. The van der Waals surface area contributed by atoms with E-state index in [1.54, 1.807) is 20.2 Å². The Morgan fingerprint density at radius 2 is 1.94 bits per heavy atom. The Kier molecular flexibility index (Phi) is 3.10. The maximum Gasteiger partial charge on any atom is 0.261 e. The summed E-state index contributed by atoms with van der Waals surface area (Å²) in [5, 5.41) is 6.44. The van der Waals surface area contributed by atoms with Crippen molar-refractivity contribution in [3.63, 3.8) is 0 Å². The monoisotopic (exact) mass is 251 g/mol. The highest BCUT2D eigenvalue weighted by Gasteiger charge is 2.18. The molecule has 6 heteroatoms. The number of benzene rings is 1. The van der Waals surface area contributed by atoms with E-state index in [2.05, 4.69) is 10.4 Å². The molecule has 2 rings (SSSR count). The van der Waals surface area contributed by atoms with E-state index in [1.807, 2.05) is 0 Å². The van der Waals surface area contributed by atoms with Crippen molar-refractivity contribution in [1.82, 2.24) is 9.78 Å². The van der Waals surface area contributed by atoms with Crippen molar-refractivity contribution in [2.24, 2.45) is 7.05 Å². The normalized spacial score (nSPS) is 10.4. The third kappa shape index (κ3) is 2.22. The van der Waals surface area contributed by atoms with Crippen LogP contribution in [0.1, 0.15) is 16.1 Å². The number of carbonyl (C=O) groups excluding carboxylic acids is 1. The van der Waals surface area contributed by atoms with Gasteiger partial charge in [0.2, 0.25) is 0 Å². The van der Waals surface area contributed by atoms with Gasteiger partial charge in [-0.2, -0.15) is 5.10 Å². The topological polar surface area (TPSA) is 46.9 Å². The SMILES string of the molecule is Cc1nn(C)cc1NC(=O)c1c(F)cccc1F. The van der Waals surface area contributed by atoms with E-state index in [4.69, 9.17) is 0 Å². The summed E-state index contributed by atoms with van der Waals surface area (Å²) in [5.74, 6) is -2.62. The number of nitrogens with one attached hydrogen (secondary N) is 1. The van der Waals surface area contributed by atoms with Gasteiger partial charge in [-0.3, -0.25) is 9.48 Å². The van der Waals surface area contributed by atoms with E-state index in [0.29, 0.717) is 11.4 Å². The molecule has 0 fully saturated rings. The molecule has 0 radical (unpaired) electrons. The molecule has 1 aromatic carbocycles. The highest BCUT2D eigenvalue weighted by atomic mass is 19.1. The Bertz CT molecular complexity index is 587. The molecular formula is C12H11F2N3O. The van der Waals surface area contributed by atoms with Crippen LogP contribution in [0.2, 0.25) is 0 Å². The van der Waals surface area contributed by atoms with E-state index < -0.39 is 23.1 Å². The zero-order valence-electron chi connectivity index (χ0n) is 9.87. The van der Waals surface area contributed by atoms with Gasteiger partial charge >= 0.3 is 0 Å². The molecule has 0 aliphatic rings. The number of hydrogen-bond donors (Lipinski definition) is 1. The summed E-state index contributed by atoms with van der Waals surface area (Å²) in [4.78, 5) is 11.8. The van der Waals surface area contributed by atoms with Crippen molar-refractivity contribution in [3.8, 4) is 0 Å². The summed E-state index contributed by atoms with van der Waals surface area (Å²) in [5.41, 5.74) is 0.397. The molecule has 0 bridgehead atoms. The third-order valence-corrected chi connectivity index (χ3v) is 2.45. The van der Waals surface area contributed by atoms with Crippen LogP contribution in [-0.2, 0) is 7.05 Å². The zero-order chi connectivity index (χ0) is 13.3. The average Bonchev–Trinajstić information content (AvgIpc) is 2.57. The number of aryl methyl sites for hydroxylation is 2. The average molecular weight is 251 g/mol. The summed E-state index contributed by atoms with van der Waals surface area (Å²) in [6.45, 7) is 1.69. The first-order chi connectivity index (χ1) is 8.49. The third-order valence-electron chi connectivity index (χ3n) is 2.45. The van der Waals surface area contributed by atoms with Gasteiger partial charge in [0.1, 0.15) is 17.2 Å². The fourth-order valence-corrected chi connectivity index (χ4v) is 1.62. The molecule has 2 aromatic rings. The summed E-state index contributed by atoms with van der Waals surface area (Å²) in [6, 6.07) is 3.28. The summed E-state index contributed by atoms with van der Waals surface area (Å²) >= 11 is 0. The lowest BCUT2D eigenvalue weighted by atomic mass is 10.2. The van der Waals surface area contributed by atoms with E-state index in [0.717, 1.165) is 12.1 Å². The van der Waals surface area contributed by atoms with Gasteiger partial charge in [-0.15, -0.1) is 0 Å². The largest absolute Gasteiger partial charge is 0.319 e. The summed E-state index contributed by atoms with van der Waals surface area (Å²) in [6.07, 6.45) is 1.56. The highest BCUT2D eigenvalue weighted by molar-refractivity contribution is 6.04. The van der Waals surface area contributed by atoms with Crippen LogP contribution in [0, 0.1) is 18.6 Å². The van der Waals surface area contributed by atoms with Crippen LogP contribution in [0.4, 0.5) is 14.5 Å². The molecule has 0 spiro atoms.